The highest BCUT2D eigenvalue weighted by molar-refractivity contribution is 8.14. The Bertz CT molecular complexity index is 874. The van der Waals surface area contributed by atoms with E-state index < -0.39 is 27.6 Å². The summed E-state index contributed by atoms with van der Waals surface area (Å²) in [7, 11) is -3.40. The zero-order chi connectivity index (χ0) is 18.4. The van der Waals surface area contributed by atoms with Gasteiger partial charge in [-0.3, -0.25) is 0 Å². The molecule has 0 radical (unpaired) electrons. The number of aliphatic hydroxyl groups is 1. The third-order valence-corrected chi connectivity index (χ3v) is 6.48. The number of rotatable bonds is 2. The maximum absolute atomic E-state index is 11.9. The molecule has 25 heavy (non-hydrogen) atoms. The van der Waals surface area contributed by atoms with Crippen LogP contribution in [-0.2, 0) is 9.84 Å². The summed E-state index contributed by atoms with van der Waals surface area (Å²) in [5, 5.41) is 20.4. The molecule has 2 unspecified atom stereocenters. The highest BCUT2D eigenvalue weighted by atomic mass is 32.2. The zero-order valence-electron chi connectivity index (χ0n) is 14.1. The van der Waals surface area contributed by atoms with E-state index in [1.54, 1.807) is 32.2 Å². The van der Waals surface area contributed by atoms with Gasteiger partial charge in [-0.15, -0.1) is 4.99 Å². The van der Waals surface area contributed by atoms with Crippen molar-refractivity contribution in [1.82, 2.24) is 4.90 Å². The number of sulfone groups is 1. The molecular weight excluding hydrogens is 362 g/mol. The molecule has 134 valence electrons. The van der Waals surface area contributed by atoms with E-state index >= 15 is 0 Å². The average molecular weight is 381 g/mol. The molecule has 2 aliphatic heterocycles. The van der Waals surface area contributed by atoms with Crippen LogP contribution in [0.4, 0.5) is 0 Å². The van der Waals surface area contributed by atoms with Gasteiger partial charge < -0.3 is 14.7 Å². The molecule has 3 rings (SSSR count). The summed E-state index contributed by atoms with van der Waals surface area (Å²) < 4.78 is 29.8. The molecule has 1 aromatic rings. The summed E-state index contributed by atoms with van der Waals surface area (Å²) in [6.45, 7) is 4.16. The van der Waals surface area contributed by atoms with E-state index in [1.807, 2.05) is 4.90 Å². The number of aliphatic imine (C=N–C) groups is 1. The van der Waals surface area contributed by atoms with Crippen molar-refractivity contribution in [3.8, 4) is 11.9 Å². The Morgan fingerprint density at radius 1 is 1.48 bits per heavy atom. The lowest BCUT2D eigenvalue weighted by Gasteiger charge is -2.45. The summed E-state index contributed by atoms with van der Waals surface area (Å²) in [6.07, 6.45) is 2.01. The second-order valence-corrected chi connectivity index (χ2v) is 9.68. The first kappa shape index (κ1) is 18.0. The van der Waals surface area contributed by atoms with Crippen LogP contribution in [0, 0.1) is 11.5 Å². The molecule has 2 atom stereocenters. The van der Waals surface area contributed by atoms with Gasteiger partial charge >= 0.3 is 0 Å². The molecule has 0 saturated carbocycles. The number of fused-ring (bicyclic) bond motifs is 1. The number of hydrogen-bond donors (Lipinski definition) is 1. The maximum atomic E-state index is 11.9. The fourth-order valence-corrected chi connectivity index (χ4v) is 4.73. The van der Waals surface area contributed by atoms with Crippen molar-refractivity contribution in [3.05, 3.63) is 23.8 Å². The van der Waals surface area contributed by atoms with Crippen molar-refractivity contribution in [1.29, 1.82) is 5.26 Å². The summed E-state index contributed by atoms with van der Waals surface area (Å²) in [5.74, 6) is 1.27. The largest absolute Gasteiger partial charge is 0.485 e. The van der Waals surface area contributed by atoms with Gasteiger partial charge in [0.05, 0.1) is 10.9 Å². The predicted octanol–water partition coefficient (Wildman–Crippen LogP) is 1.55. The topological polar surface area (TPSA) is 103 Å². The first-order valence-corrected chi connectivity index (χ1v) is 10.6. The minimum atomic E-state index is -3.40. The fraction of sp³-hybridized carbons (Fsp3) is 0.500. The van der Waals surface area contributed by atoms with E-state index in [2.05, 4.69) is 4.99 Å². The Labute approximate surface area is 151 Å². The van der Waals surface area contributed by atoms with Crippen LogP contribution in [0.2, 0.25) is 0 Å². The standard InChI is InChI=1S/C16H19N3O4S2/c1-16(2)14(20)13(19-6-7-24-15(19)18-9-17)11-8-10(25(3,21)22)4-5-12(11)23-16/h4-5,8,13-14,20H,6-7H2,1-3H3/b18-15-. The third kappa shape index (κ3) is 3.21. The number of thioether (sulfide) groups is 1. The monoisotopic (exact) mass is 381 g/mol. The van der Waals surface area contributed by atoms with Crippen molar-refractivity contribution in [2.45, 2.75) is 36.5 Å². The van der Waals surface area contributed by atoms with Crippen LogP contribution < -0.4 is 4.74 Å². The van der Waals surface area contributed by atoms with Gasteiger partial charge in [-0.25, -0.2) is 8.42 Å². The van der Waals surface area contributed by atoms with Crippen molar-refractivity contribution in [3.63, 3.8) is 0 Å². The van der Waals surface area contributed by atoms with E-state index in [0.29, 0.717) is 23.0 Å². The molecule has 2 aliphatic rings. The van der Waals surface area contributed by atoms with Crippen LogP contribution >= 0.6 is 11.8 Å². The van der Waals surface area contributed by atoms with Gasteiger partial charge in [0.2, 0.25) is 6.19 Å². The number of benzene rings is 1. The minimum Gasteiger partial charge on any atom is -0.485 e. The second kappa shape index (κ2) is 6.20. The number of hydrogen-bond acceptors (Lipinski definition) is 7. The molecule has 0 amide bonds. The van der Waals surface area contributed by atoms with Crippen molar-refractivity contribution in [2.24, 2.45) is 4.99 Å². The van der Waals surface area contributed by atoms with E-state index in [-0.39, 0.29) is 4.90 Å². The molecule has 0 bridgehead atoms. The maximum Gasteiger partial charge on any atom is 0.208 e. The lowest BCUT2D eigenvalue weighted by molar-refractivity contribution is -0.0801. The van der Waals surface area contributed by atoms with E-state index in [1.165, 1.54) is 17.8 Å². The zero-order valence-corrected chi connectivity index (χ0v) is 15.8. The Balaban J connectivity index is 2.17. The van der Waals surface area contributed by atoms with Crippen LogP contribution in [0.25, 0.3) is 0 Å². The molecule has 1 N–H and O–H groups in total. The molecule has 7 nitrogen and oxygen atoms in total. The van der Waals surface area contributed by atoms with Gasteiger partial charge in [0.15, 0.2) is 15.0 Å². The van der Waals surface area contributed by atoms with Gasteiger partial charge in [-0.1, -0.05) is 11.8 Å². The molecule has 9 heteroatoms. The number of ether oxygens (including phenoxy) is 1. The fourth-order valence-electron chi connectivity index (χ4n) is 3.12. The van der Waals surface area contributed by atoms with E-state index in [4.69, 9.17) is 10.00 Å². The van der Waals surface area contributed by atoms with Crippen LogP contribution in [0.15, 0.2) is 28.1 Å². The lowest BCUT2D eigenvalue weighted by Crippen LogP contribution is -2.53. The summed E-state index contributed by atoms with van der Waals surface area (Å²) >= 11 is 1.44. The van der Waals surface area contributed by atoms with Crippen molar-refractivity contribution in [2.75, 3.05) is 18.6 Å². The third-order valence-electron chi connectivity index (χ3n) is 4.40. The van der Waals surface area contributed by atoms with Gasteiger partial charge in [-0.2, -0.15) is 5.26 Å². The second-order valence-electron chi connectivity index (χ2n) is 6.60. The van der Waals surface area contributed by atoms with Crippen LogP contribution in [0.5, 0.6) is 5.75 Å². The van der Waals surface area contributed by atoms with Gasteiger partial charge in [0, 0.05) is 24.1 Å². The van der Waals surface area contributed by atoms with Gasteiger partial charge in [-0.05, 0) is 32.0 Å². The normalized spacial score (nSPS) is 26.8. The van der Waals surface area contributed by atoms with E-state index in [9.17, 15) is 13.5 Å². The SMILES string of the molecule is CC1(C)Oc2ccc(S(C)(=O)=O)cc2C(N2CCS/C2=N\C#N)C1O. The Hall–Kier alpha value is -1.76. The highest BCUT2D eigenvalue weighted by Gasteiger charge is 2.47. The molecule has 0 aliphatic carbocycles. The summed E-state index contributed by atoms with van der Waals surface area (Å²) in [4.78, 5) is 5.87. The first-order chi connectivity index (χ1) is 11.6. The molecule has 2 heterocycles. The number of aliphatic hydroxyl groups excluding tert-OH is 1. The summed E-state index contributed by atoms with van der Waals surface area (Å²) in [6, 6.07) is 4.13. The molecule has 0 spiro atoms. The molecule has 1 fully saturated rings. The number of nitrogens with zero attached hydrogens (tertiary/aromatic N) is 3. The molecule has 0 aromatic heterocycles. The van der Waals surface area contributed by atoms with Gasteiger partial charge in [0.1, 0.15) is 17.5 Å². The van der Waals surface area contributed by atoms with Crippen LogP contribution in [0.1, 0.15) is 25.5 Å². The minimum absolute atomic E-state index is 0.164. The van der Waals surface area contributed by atoms with Crippen LogP contribution in [0.3, 0.4) is 0 Å². The van der Waals surface area contributed by atoms with Gasteiger partial charge in [0.25, 0.3) is 0 Å². The van der Waals surface area contributed by atoms with Crippen molar-refractivity contribution < 1.29 is 18.3 Å². The Morgan fingerprint density at radius 2 is 2.20 bits per heavy atom. The summed E-state index contributed by atoms with van der Waals surface area (Å²) in [5.41, 5.74) is -0.280. The average Bonchev–Trinajstić information content (AvgIpc) is 2.95. The van der Waals surface area contributed by atoms with Crippen molar-refractivity contribution >= 4 is 26.8 Å². The number of amidine groups is 1. The Kier molecular flexibility index (Phi) is 4.47. The molecule has 1 saturated heterocycles. The van der Waals surface area contributed by atoms with E-state index in [0.717, 1.165) is 12.0 Å². The predicted molar refractivity (Wildman–Crippen MR) is 95.2 cm³/mol. The highest BCUT2D eigenvalue weighted by Crippen LogP contribution is 2.45. The Morgan fingerprint density at radius 3 is 2.84 bits per heavy atom. The molecule has 1 aromatic carbocycles. The first-order valence-electron chi connectivity index (χ1n) is 7.72. The smallest absolute Gasteiger partial charge is 0.208 e. The van der Waals surface area contributed by atoms with Crippen LogP contribution in [-0.4, -0.2) is 53.9 Å². The molecular formula is C16H19N3O4S2. The lowest BCUT2D eigenvalue weighted by atomic mass is 9.85. The quantitative estimate of drug-likeness (QED) is 0.775. The number of nitriles is 1.